The topological polar surface area (TPSA) is 58.6 Å². The molecule has 0 spiro atoms. The van der Waals surface area contributed by atoms with Gasteiger partial charge in [0.15, 0.2) is 0 Å². The quantitative estimate of drug-likeness (QED) is 0.784. The molecule has 2 aromatic rings. The molecule has 0 unspecified atom stereocenters. The fourth-order valence-corrected chi connectivity index (χ4v) is 3.53. The second-order valence-electron chi connectivity index (χ2n) is 7.73. The molecule has 1 N–H and O–H groups in total. The van der Waals surface area contributed by atoms with Crippen molar-refractivity contribution in [1.29, 1.82) is 0 Å². The van der Waals surface area contributed by atoms with Gasteiger partial charge in [-0.05, 0) is 55.5 Å². The summed E-state index contributed by atoms with van der Waals surface area (Å²) in [5, 5.41) is 2.92. The first-order valence-corrected chi connectivity index (χ1v) is 9.69. The maximum Gasteiger partial charge on any atom is 0.238 e. The molecular formula is C23H28N2O3. The second-order valence-corrected chi connectivity index (χ2v) is 7.73. The number of carbonyl (C=O) groups is 2. The second kappa shape index (κ2) is 8.46. The van der Waals surface area contributed by atoms with Crippen molar-refractivity contribution in [3.8, 4) is 5.75 Å². The summed E-state index contributed by atoms with van der Waals surface area (Å²) in [7, 11) is 1.63. The third-order valence-electron chi connectivity index (χ3n) is 5.35. The van der Waals surface area contributed by atoms with Gasteiger partial charge in [0.05, 0.1) is 7.11 Å². The molecule has 28 heavy (non-hydrogen) atoms. The van der Waals surface area contributed by atoms with Gasteiger partial charge in [-0.2, -0.15) is 0 Å². The molecule has 0 saturated heterocycles. The van der Waals surface area contributed by atoms with E-state index in [0.29, 0.717) is 26.1 Å². The fraction of sp³-hybridized carbons (Fsp3) is 0.391. The molecule has 0 saturated carbocycles. The Morgan fingerprint density at radius 1 is 1.11 bits per heavy atom. The molecule has 0 bridgehead atoms. The van der Waals surface area contributed by atoms with Crippen LogP contribution in [-0.4, -0.2) is 36.9 Å². The first-order chi connectivity index (χ1) is 13.4. The molecule has 0 fully saturated rings. The monoisotopic (exact) mass is 380 g/mol. The number of benzene rings is 2. The number of carbonyl (C=O) groups excluding carboxylic acids is 2. The van der Waals surface area contributed by atoms with Crippen LogP contribution >= 0.6 is 0 Å². The van der Waals surface area contributed by atoms with E-state index in [1.54, 1.807) is 25.9 Å². The zero-order valence-electron chi connectivity index (χ0n) is 16.8. The third kappa shape index (κ3) is 4.35. The van der Waals surface area contributed by atoms with Gasteiger partial charge < -0.3 is 15.0 Å². The molecule has 1 aliphatic heterocycles. The molecule has 5 nitrogen and oxygen atoms in total. The van der Waals surface area contributed by atoms with Crippen LogP contribution in [0.5, 0.6) is 5.75 Å². The molecule has 0 aromatic heterocycles. The lowest BCUT2D eigenvalue weighted by Crippen LogP contribution is -2.51. The number of hydrogen-bond donors (Lipinski definition) is 1. The highest BCUT2D eigenvalue weighted by molar-refractivity contribution is 6.04. The molecule has 0 radical (unpaired) electrons. The minimum Gasteiger partial charge on any atom is -0.497 e. The minimum absolute atomic E-state index is 0.124. The highest BCUT2D eigenvalue weighted by atomic mass is 16.5. The number of ether oxygens (including phenoxy) is 1. The van der Waals surface area contributed by atoms with Gasteiger partial charge in [-0.1, -0.05) is 36.4 Å². The van der Waals surface area contributed by atoms with E-state index in [0.717, 1.165) is 23.3 Å². The van der Waals surface area contributed by atoms with Crippen LogP contribution in [0.25, 0.3) is 0 Å². The average molecular weight is 380 g/mol. The van der Waals surface area contributed by atoms with Gasteiger partial charge in [-0.15, -0.1) is 0 Å². The average Bonchev–Trinajstić information content (AvgIpc) is 2.72. The Balaban J connectivity index is 1.57. The predicted octanol–water partition coefficient (Wildman–Crippen LogP) is 2.97. The zero-order valence-corrected chi connectivity index (χ0v) is 16.8. The lowest BCUT2D eigenvalue weighted by Gasteiger charge is -2.34. The zero-order chi connectivity index (χ0) is 20.1. The van der Waals surface area contributed by atoms with Gasteiger partial charge in [0.1, 0.15) is 11.2 Å². The van der Waals surface area contributed by atoms with E-state index in [4.69, 9.17) is 4.74 Å². The number of hydrogen-bond acceptors (Lipinski definition) is 3. The molecule has 0 aliphatic carbocycles. The normalized spacial score (nSPS) is 13.6. The van der Waals surface area contributed by atoms with Crippen LogP contribution in [0, 0.1) is 5.41 Å². The smallest absolute Gasteiger partial charge is 0.238 e. The van der Waals surface area contributed by atoms with E-state index >= 15 is 0 Å². The molecule has 2 aromatic carbocycles. The van der Waals surface area contributed by atoms with E-state index in [-0.39, 0.29) is 11.8 Å². The van der Waals surface area contributed by atoms with Crippen LogP contribution < -0.4 is 10.1 Å². The van der Waals surface area contributed by atoms with Crippen molar-refractivity contribution in [3.63, 3.8) is 0 Å². The van der Waals surface area contributed by atoms with Crippen LogP contribution in [0.4, 0.5) is 0 Å². The van der Waals surface area contributed by atoms with Crippen molar-refractivity contribution in [2.75, 3.05) is 20.2 Å². The van der Waals surface area contributed by atoms with E-state index in [1.807, 2.05) is 36.4 Å². The van der Waals surface area contributed by atoms with E-state index in [1.165, 1.54) is 5.56 Å². The maximum absolute atomic E-state index is 13.0. The van der Waals surface area contributed by atoms with Crippen molar-refractivity contribution >= 4 is 11.8 Å². The van der Waals surface area contributed by atoms with Gasteiger partial charge in [0, 0.05) is 19.6 Å². The number of nitrogens with one attached hydrogen (secondary N) is 1. The van der Waals surface area contributed by atoms with E-state index in [9.17, 15) is 9.59 Å². The Hall–Kier alpha value is -2.82. The molecular weight excluding hydrogens is 352 g/mol. The number of rotatable bonds is 6. The fourth-order valence-electron chi connectivity index (χ4n) is 3.53. The van der Waals surface area contributed by atoms with Gasteiger partial charge in [0.25, 0.3) is 0 Å². The number of nitrogens with zero attached hydrogens (tertiary/aromatic N) is 1. The van der Waals surface area contributed by atoms with Gasteiger partial charge in [-0.25, -0.2) is 0 Å². The highest BCUT2D eigenvalue weighted by Gasteiger charge is 2.39. The van der Waals surface area contributed by atoms with Crippen molar-refractivity contribution in [2.24, 2.45) is 5.41 Å². The Labute approximate surface area is 166 Å². The van der Waals surface area contributed by atoms with Crippen LogP contribution in [0.1, 0.15) is 30.5 Å². The van der Waals surface area contributed by atoms with Crippen LogP contribution in [0.3, 0.4) is 0 Å². The number of amides is 2. The largest absolute Gasteiger partial charge is 0.497 e. The van der Waals surface area contributed by atoms with E-state index < -0.39 is 5.41 Å². The molecule has 1 aliphatic rings. The summed E-state index contributed by atoms with van der Waals surface area (Å²) in [5.74, 6) is 0.435. The Morgan fingerprint density at radius 3 is 2.61 bits per heavy atom. The lowest BCUT2D eigenvalue weighted by molar-refractivity contribution is -0.149. The van der Waals surface area contributed by atoms with Crippen LogP contribution in [0.15, 0.2) is 48.5 Å². The molecule has 3 rings (SSSR count). The summed E-state index contributed by atoms with van der Waals surface area (Å²) < 4.78 is 5.22. The first-order valence-electron chi connectivity index (χ1n) is 9.69. The van der Waals surface area contributed by atoms with Crippen molar-refractivity contribution in [2.45, 2.75) is 33.2 Å². The number of methoxy groups -OCH3 is 1. The summed E-state index contributed by atoms with van der Waals surface area (Å²) in [5.41, 5.74) is 2.43. The summed E-state index contributed by atoms with van der Waals surface area (Å²) in [4.78, 5) is 27.6. The standard InChI is InChI=1S/C23H28N2O3/c1-23(2,21(26)24-13-11-17-7-6-10-20(15-17)28-3)22(27)25-14-12-18-8-4-5-9-19(18)16-25/h4-10,15H,11-14,16H2,1-3H3,(H,24,26). The molecule has 2 amide bonds. The molecule has 148 valence electrons. The molecule has 0 atom stereocenters. The van der Waals surface area contributed by atoms with Crippen LogP contribution in [0.2, 0.25) is 0 Å². The first kappa shape index (κ1) is 19.9. The van der Waals surface area contributed by atoms with Gasteiger partial charge in [0.2, 0.25) is 11.8 Å². The van der Waals surface area contributed by atoms with E-state index in [2.05, 4.69) is 17.4 Å². The third-order valence-corrected chi connectivity index (χ3v) is 5.35. The minimum atomic E-state index is -1.10. The Kier molecular flexibility index (Phi) is 6.02. The lowest BCUT2D eigenvalue weighted by atomic mass is 9.88. The van der Waals surface area contributed by atoms with Crippen molar-refractivity contribution < 1.29 is 14.3 Å². The Morgan fingerprint density at radius 2 is 1.86 bits per heavy atom. The molecule has 1 heterocycles. The van der Waals surface area contributed by atoms with Gasteiger partial charge in [-0.3, -0.25) is 9.59 Å². The highest BCUT2D eigenvalue weighted by Crippen LogP contribution is 2.25. The summed E-state index contributed by atoms with van der Waals surface area (Å²) in [6.45, 7) is 5.10. The number of fused-ring (bicyclic) bond motifs is 1. The van der Waals surface area contributed by atoms with Crippen molar-refractivity contribution in [1.82, 2.24) is 10.2 Å². The summed E-state index contributed by atoms with van der Waals surface area (Å²) in [6, 6.07) is 15.9. The Bertz CT molecular complexity index is 860. The maximum atomic E-state index is 13.0. The van der Waals surface area contributed by atoms with Crippen LogP contribution in [-0.2, 0) is 29.0 Å². The summed E-state index contributed by atoms with van der Waals surface area (Å²) in [6.07, 6.45) is 1.51. The summed E-state index contributed by atoms with van der Waals surface area (Å²) >= 11 is 0. The molecule has 5 heteroatoms. The SMILES string of the molecule is COc1cccc(CCNC(=O)C(C)(C)C(=O)N2CCc3ccccc3C2)c1. The van der Waals surface area contributed by atoms with Crippen molar-refractivity contribution in [3.05, 3.63) is 65.2 Å². The van der Waals surface area contributed by atoms with Gasteiger partial charge >= 0.3 is 0 Å². The predicted molar refractivity (Wildman–Crippen MR) is 109 cm³/mol.